The third kappa shape index (κ3) is 2.74. The van der Waals surface area contributed by atoms with Gasteiger partial charge in [0.05, 0.1) is 8.66 Å². The summed E-state index contributed by atoms with van der Waals surface area (Å²) < 4.78 is 7.40. The Balaban J connectivity index is 2.45. The second kappa shape index (κ2) is 5.12. The predicted molar refractivity (Wildman–Crippen MR) is 78.2 cm³/mol. The van der Waals surface area contributed by atoms with Crippen LogP contribution in [-0.4, -0.2) is 5.16 Å². The van der Waals surface area contributed by atoms with Gasteiger partial charge in [-0.3, -0.25) is 0 Å². The van der Waals surface area contributed by atoms with E-state index < -0.39 is 0 Å². The third-order valence-corrected chi connectivity index (χ3v) is 5.55. The van der Waals surface area contributed by atoms with Crippen LogP contribution in [0.3, 0.4) is 0 Å². The van der Waals surface area contributed by atoms with Crippen LogP contribution in [0.4, 0.5) is 5.82 Å². The van der Waals surface area contributed by atoms with Crippen molar-refractivity contribution in [3.8, 4) is 10.6 Å². The molecule has 92 valence electrons. The first kappa shape index (κ1) is 13.1. The zero-order chi connectivity index (χ0) is 12.6. The van der Waals surface area contributed by atoms with Gasteiger partial charge in [-0.25, -0.2) is 0 Å². The van der Waals surface area contributed by atoms with Crippen molar-refractivity contribution in [3.05, 3.63) is 19.9 Å². The molecular formula is C11H12Br2N2OS. The molecule has 0 bridgehead atoms. The summed E-state index contributed by atoms with van der Waals surface area (Å²) in [7, 11) is 0. The zero-order valence-corrected chi connectivity index (χ0v) is 13.4. The van der Waals surface area contributed by atoms with Gasteiger partial charge in [-0.1, -0.05) is 19.0 Å². The van der Waals surface area contributed by atoms with E-state index >= 15 is 0 Å². The van der Waals surface area contributed by atoms with Crippen LogP contribution in [0.5, 0.6) is 0 Å². The van der Waals surface area contributed by atoms with Crippen LogP contribution >= 0.6 is 43.2 Å². The summed E-state index contributed by atoms with van der Waals surface area (Å²) in [5, 5.41) is 3.86. The maximum absolute atomic E-state index is 5.85. The molecule has 2 aromatic rings. The highest BCUT2D eigenvalue weighted by Crippen LogP contribution is 2.40. The van der Waals surface area contributed by atoms with E-state index in [0.717, 1.165) is 30.9 Å². The SMILES string of the molecule is CC(C)Cc1c(N)noc1-c1cc(Br)c(Br)s1. The van der Waals surface area contributed by atoms with Crippen molar-refractivity contribution in [1.82, 2.24) is 5.16 Å². The number of rotatable bonds is 3. The normalized spacial score (nSPS) is 11.4. The largest absolute Gasteiger partial charge is 0.381 e. The molecular weight excluding hydrogens is 368 g/mol. The van der Waals surface area contributed by atoms with Crippen LogP contribution in [-0.2, 0) is 6.42 Å². The molecule has 0 aromatic carbocycles. The summed E-state index contributed by atoms with van der Waals surface area (Å²) in [6, 6.07) is 2.01. The summed E-state index contributed by atoms with van der Waals surface area (Å²) in [6.07, 6.45) is 0.873. The molecule has 2 N–H and O–H groups in total. The van der Waals surface area contributed by atoms with Crippen molar-refractivity contribution in [3.63, 3.8) is 0 Å². The molecule has 0 saturated heterocycles. The number of thiophene rings is 1. The summed E-state index contributed by atoms with van der Waals surface area (Å²) >= 11 is 8.54. The summed E-state index contributed by atoms with van der Waals surface area (Å²) in [5.41, 5.74) is 6.85. The van der Waals surface area contributed by atoms with Gasteiger partial charge in [-0.2, -0.15) is 0 Å². The van der Waals surface area contributed by atoms with Gasteiger partial charge in [-0.05, 0) is 50.3 Å². The fourth-order valence-electron chi connectivity index (χ4n) is 1.58. The molecule has 0 aliphatic rings. The topological polar surface area (TPSA) is 52.0 Å². The smallest absolute Gasteiger partial charge is 0.182 e. The molecule has 2 rings (SSSR count). The van der Waals surface area contributed by atoms with E-state index in [1.165, 1.54) is 0 Å². The highest BCUT2D eigenvalue weighted by molar-refractivity contribution is 9.13. The third-order valence-electron chi connectivity index (χ3n) is 2.30. The molecule has 0 saturated carbocycles. The second-order valence-corrected chi connectivity index (χ2v) is 7.43. The van der Waals surface area contributed by atoms with Gasteiger partial charge in [0.2, 0.25) is 0 Å². The first-order valence-electron chi connectivity index (χ1n) is 5.18. The molecule has 0 spiro atoms. The number of nitrogens with zero attached hydrogens (tertiary/aromatic N) is 1. The van der Waals surface area contributed by atoms with Crippen LogP contribution in [0, 0.1) is 5.92 Å². The van der Waals surface area contributed by atoms with Crippen molar-refractivity contribution >= 4 is 49.0 Å². The minimum absolute atomic E-state index is 0.495. The van der Waals surface area contributed by atoms with Crippen molar-refractivity contribution in [2.24, 2.45) is 5.92 Å². The van der Waals surface area contributed by atoms with Crippen molar-refractivity contribution < 1.29 is 4.52 Å². The Bertz CT molecular complexity index is 514. The van der Waals surface area contributed by atoms with Crippen LogP contribution in [0.25, 0.3) is 10.6 Å². The number of anilines is 1. The van der Waals surface area contributed by atoms with Crippen LogP contribution in [0.2, 0.25) is 0 Å². The molecule has 0 aliphatic carbocycles. The number of nitrogens with two attached hydrogens (primary N) is 1. The van der Waals surface area contributed by atoms with Crippen molar-refractivity contribution in [2.75, 3.05) is 5.73 Å². The maximum atomic E-state index is 5.85. The van der Waals surface area contributed by atoms with Gasteiger partial charge >= 0.3 is 0 Å². The van der Waals surface area contributed by atoms with Crippen molar-refractivity contribution in [1.29, 1.82) is 0 Å². The average molecular weight is 380 g/mol. The zero-order valence-electron chi connectivity index (χ0n) is 9.46. The van der Waals surface area contributed by atoms with E-state index in [-0.39, 0.29) is 0 Å². The Hall–Kier alpha value is -0.330. The number of aromatic nitrogens is 1. The van der Waals surface area contributed by atoms with E-state index in [1.54, 1.807) is 11.3 Å². The predicted octanol–water partition coefficient (Wildman–Crippen LogP) is 4.71. The standard InChI is InChI=1S/C11H12Br2N2OS/c1-5(2)3-6-9(16-15-11(6)14)8-4-7(12)10(13)17-8/h4-5H,3H2,1-2H3,(H2,14,15). The molecule has 2 heterocycles. The van der Waals surface area contributed by atoms with Crippen LogP contribution < -0.4 is 5.73 Å². The Morgan fingerprint density at radius 3 is 2.71 bits per heavy atom. The van der Waals surface area contributed by atoms with Gasteiger partial charge in [0, 0.05) is 10.0 Å². The fourth-order valence-corrected chi connectivity index (χ4v) is 3.62. The molecule has 0 amide bonds. The lowest BCUT2D eigenvalue weighted by Crippen LogP contribution is -1.98. The van der Waals surface area contributed by atoms with Crippen molar-refractivity contribution in [2.45, 2.75) is 20.3 Å². The molecule has 17 heavy (non-hydrogen) atoms. The van der Waals surface area contributed by atoms with Crippen LogP contribution in [0.15, 0.2) is 18.8 Å². The number of hydrogen-bond acceptors (Lipinski definition) is 4. The quantitative estimate of drug-likeness (QED) is 0.840. The molecule has 0 aliphatic heterocycles. The molecule has 0 fully saturated rings. The second-order valence-electron chi connectivity index (χ2n) is 4.21. The Morgan fingerprint density at radius 2 is 2.18 bits per heavy atom. The average Bonchev–Trinajstić information content (AvgIpc) is 2.73. The van der Waals surface area contributed by atoms with E-state index in [2.05, 4.69) is 50.9 Å². The van der Waals surface area contributed by atoms with Gasteiger partial charge < -0.3 is 10.3 Å². The molecule has 2 aromatic heterocycles. The molecule has 0 atom stereocenters. The van der Waals surface area contributed by atoms with E-state index in [1.807, 2.05) is 6.07 Å². The van der Waals surface area contributed by atoms with Crippen LogP contribution in [0.1, 0.15) is 19.4 Å². The van der Waals surface area contributed by atoms with Gasteiger partial charge in [0.1, 0.15) is 0 Å². The monoisotopic (exact) mass is 378 g/mol. The van der Waals surface area contributed by atoms with E-state index in [0.29, 0.717) is 11.7 Å². The lowest BCUT2D eigenvalue weighted by atomic mass is 10.0. The molecule has 3 nitrogen and oxygen atoms in total. The number of nitrogen functional groups attached to an aromatic ring is 1. The van der Waals surface area contributed by atoms with Gasteiger partial charge in [-0.15, -0.1) is 11.3 Å². The lowest BCUT2D eigenvalue weighted by molar-refractivity contribution is 0.435. The molecule has 0 radical (unpaired) electrons. The summed E-state index contributed by atoms with van der Waals surface area (Å²) in [5.74, 6) is 1.80. The Kier molecular flexibility index (Phi) is 3.95. The summed E-state index contributed by atoms with van der Waals surface area (Å²) in [4.78, 5) is 1.03. The van der Waals surface area contributed by atoms with Gasteiger partial charge in [0.15, 0.2) is 11.6 Å². The Morgan fingerprint density at radius 1 is 1.47 bits per heavy atom. The highest BCUT2D eigenvalue weighted by atomic mass is 79.9. The minimum Gasteiger partial charge on any atom is -0.381 e. The first-order chi connectivity index (χ1) is 7.99. The van der Waals surface area contributed by atoms with Gasteiger partial charge in [0.25, 0.3) is 0 Å². The number of halogens is 2. The summed E-state index contributed by atoms with van der Waals surface area (Å²) in [6.45, 7) is 4.30. The maximum Gasteiger partial charge on any atom is 0.182 e. The minimum atomic E-state index is 0.495. The molecule has 0 unspecified atom stereocenters. The van der Waals surface area contributed by atoms with E-state index in [4.69, 9.17) is 10.3 Å². The van der Waals surface area contributed by atoms with E-state index in [9.17, 15) is 0 Å². The fraction of sp³-hybridized carbons (Fsp3) is 0.364. The Labute approximate surface area is 121 Å². The molecule has 6 heteroatoms. The first-order valence-corrected chi connectivity index (χ1v) is 7.58. The highest BCUT2D eigenvalue weighted by Gasteiger charge is 2.19. The lowest BCUT2D eigenvalue weighted by Gasteiger charge is -2.03. The number of hydrogen-bond donors (Lipinski definition) is 1.